The fourth-order valence-corrected chi connectivity index (χ4v) is 2.36. The zero-order chi connectivity index (χ0) is 18.8. The zero-order valence-electron chi connectivity index (χ0n) is 12.7. The molecule has 0 saturated heterocycles. The lowest BCUT2D eigenvalue weighted by Crippen LogP contribution is -2.53. The maximum atomic E-state index is 12.1. The highest BCUT2D eigenvalue weighted by Gasteiger charge is 2.39. The molecule has 1 aromatic rings. The van der Waals surface area contributed by atoms with Crippen LogP contribution in [-0.2, 0) is 16.0 Å². The number of Topliss-reactive ketones (excluding diaryl/α,β-unsaturated/α-hetero) is 1. The molecule has 1 atom stereocenters. The van der Waals surface area contributed by atoms with Gasteiger partial charge in [0.25, 0.3) is 0 Å². The lowest BCUT2D eigenvalue weighted by Gasteiger charge is -2.28. The van der Waals surface area contributed by atoms with Crippen LogP contribution >= 0.6 is 0 Å². The Kier molecular flexibility index (Phi) is 5.36. The molecule has 0 aromatic heterocycles. The van der Waals surface area contributed by atoms with E-state index in [0.29, 0.717) is 5.56 Å². The summed E-state index contributed by atoms with van der Waals surface area (Å²) >= 11 is 0. The van der Waals surface area contributed by atoms with Gasteiger partial charge >= 0.3 is 19.3 Å². The highest BCUT2D eigenvalue weighted by atomic mass is 19.4. The Bertz CT molecular complexity index is 708. The standard InChI is InChI=1S/C14H13BF3NO6/c16-14(17,18)9(20)4-5-11(21)19-10-6-7-2-1-3-8(13(22)23)12(7)25-15(10)24/h1-3,10,24H,4-6H2,(H,19,21)(H,22,23)/t10-/m0/s1. The first-order chi connectivity index (χ1) is 11.6. The van der Waals surface area contributed by atoms with Crippen molar-refractivity contribution in [2.45, 2.75) is 31.4 Å². The molecule has 0 spiro atoms. The number of aromatic carboxylic acids is 1. The van der Waals surface area contributed by atoms with E-state index in [1.807, 2.05) is 0 Å². The van der Waals surface area contributed by atoms with Crippen molar-refractivity contribution in [1.82, 2.24) is 5.32 Å². The van der Waals surface area contributed by atoms with Crippen LogP contribution in [0, 0.1) is 0 Å². The summed E-state index contributed by atoms with van der Waals surface area (Å²) in [6.07, 6.45) is -6.67. The molecule has 1 amide bonds. The summed E-state index contributed by atoms with van der Waals surface area (Å²) in [6, 6.07) is 4.29. The van der Waals surface area contributed by atoms with Gasteiger partial charge in [0.15, 0.2) is 0 Å². The van der Waals surface area contributed by atoms with Gasteiger partial charge in [0, 0.05) is 12.8 Å². The van der Waals surface area contributed by atoms with E-state index in [0.717, 1.165) is 0 Å². The molecule has 0 aliphatic carbocycles. The molecule has 0 fully saturated rings. The number of carbonyl (C=O) groups excluding carboxylic acids is 2. The van der Waals surface area contributed by atoms with E-state index in [1.54, 1.807) is 6.07 Å². The Balaban J connectivity index is 2.00. The number of nitrogens with one attached hydrogen (secondary N) is 1. The lowest BCUT2D eigenvalue weighted by atomic mass is 9.72. The fourth-order valence-electron chi connectivity index (χ4n) is 2.36. The third-order valence-electron chi connectivity index (χ3n) is 3.59. The third-order valence-corrected chi connectivity index (χ3v) is 3.59. The maximum Gasteiger partial charge on any atom is 0.547 e. The Labute approximate surface area is 139 Å². The van der Waals surface area contributed by atoms with Crippen LogP contribution in [0.1, 0.15) is 28.8 Å². The molecule has 0 bridgehead atoms. The average molecular weight is 359 g/mol. The number of carboxylic acid groups (broad SMARTS) is 1. The molecule has 0 saturated carbocycles. The number of benzene rings is 1. The van der Waals surface area contributed by atoms with Crippen LogP contribution in [0.5, 0.6) is 5.75 Å². The molecule has 0 radical (unpaired) electrons. The first-order valence-corrected chi connectivity index (χ1v) is 7.19. The highest BCUT2D eigenvalue weighted by molar-refractivity contribution is 6.47. The van der Waals surface area contributed by atoms with E-state index in [2.05, 4.69) is 5.32 Å². The van der Waals surface area contributed by atoms with Crippen molar-refractivity contribution in [1.29, 1.82) is 0 Å². The summed E-state index contributed by atoms with van der Waals surface area (Å²) < 4.78 is 41.4. The van der Waals surface area contributed by atoms with Crippen LogP contribution in [0.15, 0.2) is 18.2 Å². The van der Waals surface area contributed by atoms with Crippen molar-refractivity contribution < 1.29 is 42.3 Å². The second kappa shape index (κ2) is 7.13. The molecule has 1 heterocycles. The average Bonchev–Trinajstić information content (AvgIpc) is 2.51. The summed E-state index contributed by atoms with van der Waals surface area (Å²) in [6.45, 7) is 0. The molecular weight excluding hydrogens is 346 g/mol. The number of halogens is 3. The van der Waals surface area contributed by atoms with Gasteiger partial charge in [0.1, 0.15) is 5.75 Å². The number of rotatable bonds is 5. The third kappa shape index (κ3) is 4.50. The molecule has 3 N–H and O–H groups in total. The van der Waals surface area contributed by atoms with Crippen LogP contribution < -0.4 is 9.97 Å². The molecule has 7 nitrogen and oxygen atoms in total. The summed E-state index contributed by atoms with van der Waals surface area (Å²) in [4.78, 5) is 33.6. The number of hydrogen-bond acceptors (Lipinski definition) is 5. The first kappa shape index (κ1) is 18.8. The van der Waals surface area contributed by atoms with Crippen molar-refractivity contribution in [3.63, 3.8) is 0 Å². The number of carboxylic acids is 1. The SMILES string of the molecule is O=C(CCC(=O)C(F)(F)F)N[C@H]1Cc2cccc(C(=O)O)c2OB1O. The smallest absolute Gasteiger partial charge is 0.534 e. The minimum atomic E-state index is -5.00. The molecule has 2 rings (SSSR count). The van der Waals surface area contributed by atoms with Gasteiger partial charge in [0.2, 0.25) is 11.7 Å². The quantitative estimate of drug-likeness (QED) is 0.669. The van der Waals surface area contributed by atoms with E-state index in [4.69, 9.17) is 9.76 Å². The number of para-hydroxylation sites is 1. The molecule has 1 aliphatic heterocycles. The zero-order valence-corrected chi connectivity index (χ0v) is 12.7. The van der Waals surface area contributed by atoms with E-state index < -0.39 is 49.7 Å². The Morgan fingerprint density at radius 2 is 1.96 bits per heavy atom. The van der Waals surface area contributed by atoms with Crippen molar-refractivity contribution in [2.75, 3.05) is 0 Å². The molecule has 1 aromatic carbocycles. The minimum Gasteiger partial charge on any atom is -0.534 e. The molecular formula is C14H13BF3NO6. The highest BCUT2D eigenvalue weighted by Crippen LogP contribution is 2.30. The summed E-state index contributed by atoms with van der Waals surface area (Å²) in [5, 5.41) is 21.3. The Morgan fingerprint density at radius 1 is 1.28 bits per heavy atom. The molecule has 0 unspecified atom stereocenters. The number of ketones is 1. The van der Waals surface area contributed by atoms with Gasteiger partial charge in [-0.05, 0) is 18.1 Å². The van der Waals surface area contributed by atoms with Crippen molar-refractivity contribution in [2.24, 2.45) is 0 Å². The number of fused-ring (bicyclic) bond motifs is 1. The fraction of sp³-hybridized carbons (Fsp3) is 0.357. The Morgan fingerprint density at radius 3 is 2.56 bits per heavy atom. The predicted octanol–water partition coefficient (Wildman–Crippen LogP) is 0.736. The van der Waals surface area contributed by atoms with Crippen LogP contribution in [0.4, 0.5) is 13.2 Å². The predicted molar refractivity (Wildman–Crippen MR) is 77.9 cm³/mol. The van der Waals surface area contributed by atoms with Gasteiger partial charge in [0.05, 0.1) is 11.5 Å². The normalized spacial score (nSPS) is 16.6. The lowest BCUT2D eigenvalue weighted by molar-refractivity contribution is -0.171. The number of carbonyl (C=O) groups is 3. The van der Waals surface area contributed by atoms with Crippen LogP contribution in [0.3, 0.4) is 0 Å². The summed E-state index contributed by atoms with van der Waals surface area (Å²) in [5.74, 6) is -5.13. The van der Waals surface area contributed by atoms with Gasteiger partial charge in [-0.15, -0.1) is 0 Å². The first-order valence-electron chi connectivity index (χ1n) is 7.19. The van der Waals surface area contributed by atoms with Gasteiger partial charge in [-0.2, -0.15) is 13.2 Å². The maximum absolute atomic E-state index is 12.1. The van der Waals surface area contributed by atoms with Crippen LogP contribution in [0.2, 0.25) is 0 Å². The van der Waals surface area contributed by atoms with E-state index >= 15 is 0 Å². The monoisotopic (exact) mass is 359 g/mol. The topological polar surface area (TPSA) is 113 Å². The molecule has 1 aliphatic rings. The number of amides is 1. The number of alkyl halides is 3. The Hall–Kier alpha value is -2.56. The number of hydrogen-bond donors (Lipinski definition) is 3. The molecule has 11 heteroatoms. The summed E-state index contributed by atoms with van der Waals surface area (Å²) in [7, 11) is -1.57. The van der Waals surface area contributed by atoms with E-state index in [9.17, 15) is 32.6 Å². The second-order valence-electron chi connectivity index (χ2n) is 5.41. The van der Waals surface area contributed by atoms with Crippen molar-refractivity contribution in [3.05, 3.63) is 29.3 Å². The minimum absolute atomic E-state index is 0.0244. The second-order valence-corrected chi connectivity index (χ2v) is 5.41. The largest absolute Gasteiger partial charge is 0.547 e. The van der Waals surface area contributed by atoms with Crippen LogP contribution in [0.25, 0.3) is 0 Å². The molecule has 134 valence electrons. The van der Waals surface area contributed by atoms with Crippen molar-refractivity contribution in [3.8, 4) is 5.75 Å². The van der Waals surface area contributed by atoms with Crippen molar-refractivity contribution >= 4 is 24.8 Å². The van der Waals surface area contributed by atoms with Gasteiger partial charge < -0.3 is 20.1 Å². The van der Waals surface area contributed by atoms with Gasteiger partial charge in [-0.25, -0.2) is 4.79 Å². The van der Waals surface area contributed by atoms with Gasteiger partial charge in [-0.3, -0.25) is 9.59 Å². The van der Waals surface area contributed by atoms with Crippen LogP contribution in [-0.4, -0.2) is 47.0 Å². The van der Waals surface area contributed by atoms with E-state index in [-0.39, 0.29) is 17.7 Å². The molecule has 25 heavy (non-hydrogen) atoms. The summed E-state index contributed by atoms with van der Waals surface area (Å²) in [5.41, 5.74) is 0.263. The van der Waals surface area contributed by atoms with Gasteiger partial charge in [-0.1, -0.05) is 12.1 Å². The van der Waals surface area contributed by atoms with E-state index in [1.165, 1.54) is 12.1 Å².